The lowest BCUT2D eigenvalue weighted by atomic mass is 10.1. The van der Waals surface area contributed by atoms with Gasteiger partial charge in [-0.15, -0.1) is 0 Å². The van der Waals surface area contributed by atoms with Crippen molar-refractivity contribution in [2.45, 2.75) is 13.8 Å². The highest BCUT2D eigenvalue weighted by molar-refractivity contribution is 5.60. The molecule has 0 atom stereocenters. The zero-order chi connectivity index (χ0) is 13.4. The van der Waals surface area contributed by atoms with Crippen molar-refractivity contribution in [3.05, 3.63) is 29.3 Å². The fourth-order valence-electron chi connectivity index (χ4n) is 1.41. The second-order valence-electron chi connectivity index (χ2n) is 4.02. The third-order valence-corrected chi connectivity index (χ3v) is 2.10. The molecule has 0 saturated carbocycles. The average Bonchev–Trinajstić information content (AvgIpc) is 2.35. The summed E-state index contributed by atoms with van der Waals surface area (Å²) in [6, 6.07) is 5.66. The van der Waals surface area contributed by atoms with Gasteiger partial charge in [0.15, 0.2) is 13.6 Å². The van der Waals surface area contributed by atoms with Gasteiger partial charge < -0.3 is 18.9 Å². The third kappa shape index (κ3) is 4.77. The van der Waals surface area contributed by atoms with Gasteiger partial charge in [-0.1, -0.05) is 11.6 Å². The lowest BCUT2D eigenvalue weighted by Crippen LogP contribution is -2.02. The van der Waals surface area contributed by atoms with Gasteiger partial charge in [0.1, 0.15) is 11.5 Å². The molecule has 0 bridgehead atoms. The van der Waals surface area contributed by atoms with Crippen molar-refractivity contribution < 1.29 is 18.9 Å². The molecule has 0 saturated heterocycles. The summed E-state index contributed by atoms with van der Waals surface area (Å²) in [6.45, 7) is 4.49. The summed E-state index contributed by atoms with van der Waals surface area (Å²) in [4.78, 5) is 0. The highest BCUT2D eigenvalue weighted by Crippen LogP contribution is 2.27. The van der Waals surface area contributed by atoms with Crippen LogP contribution >= 0.6 is 0 Å². The predicted octanol–water partition coefficient (Wildman–Crippen LogP) is 3.08. The van der Waals surface area contributed by atoms with Crippen molar-refractivity contribution in [1.29, 1.82) is 0 Å². The van der Waals surface area contributed by atoms with E-state index in [1.165, 1.54) is 5.57 Å². The molecule has 0 fully saturated rings. The Labute approximate surface area is 108 Å². The smallest absolute Gasteiger partial charge is 0.188 e. The van der Waals surface area contributed by atoms with Gasteiger partial charge in [0.2, 0.25) is 0 Å². The van der Waals surface area contributed by atoms with Gasteiger partial charge in [-0.25, -0.2) is 0 Å². The first-order valence-corrected chi connectivity index (χ1v) is 5.69. The van der Waals surface area contributed by atoms with Crippen molar-refractivity contribution in [3.63, 3.8) is 0 Å². The number of benzene rings is 1. The number of methoxy groups -OCH3 is 2. The van der Waals surface area contributed by atoms with E-state index in [1.54, 1.807) is 14.2 Å². The number of rotatable bonds is 7. The van der Waals surface area contributed by atoms with Gasteiger partial charge in [-0.05, 0) is 26.0 Å². The Kier molecular flexibility index (Phi) is 6.25. The summed E-state index contributed by atoms with van der Waals surface area (Å²) in [7, 11) is 3.17. The maximum Gasteiger partial charge on any atom is 0.188 e. The third-order valence-electron chi connectivity index (χ3n) is 2.10. The van der Waals surface area contributed by atoms with E-state index in [0.29, 0.717) is 5.75 Å². The zero-order valence-electron chi connectivity index (χ0n) is 11.4. The van der Waals surface area contributed by atoms with Gasteiger partial charge in [-0.2, -0.15) is 0 Å². The number of allylic oxidation sites excluding steroid dienone is 1. The molecule has 0 heterocycles. The Morgan fingerprint density at radius 1 is 1.06 bits per heavy atom. The largest absolute Gasteiger partial charge is 0.467 e. The fourth-order valence-corrected chi connectivity index (χ4v) is 1.41. The number of hydrogen-bond acceptors (Lipinski definition) is 4. The van der Waals surface area contributed by atoms with E-state index in [0.717, 1.165) is 11.3 Å². The maximum atomic E-state index is 5.52. The summed E-state index contributed by atoms with van der Waals surface area (Å²) in [5.41, 5.74) is 2.19. The second kappa shape index (κ2) is 7.74. The molecule has 0 aliphatic carbocycles. The molecule has 100 valence electrons. The Balaban J connectivity index is 2.92. The summed E-state index contributed by atoms with van der Waals surface area (Å²) in [5, 5.41) is 0. The molecule has 4 heteroatoms. The van der Waals surface area contributed by atoms with Crippen molar-refractivity contribution in [2.75, 3.05) is 27.8 Å². The lowest BCUT2D eigenvalue weighted by molar-refractivity contribution is 0.0459. The molecule has 1 aromatic carbocycles. The van der Waals surface area contributed by atoms with E-state index in [2.05, 4.69) is 0 Å². The molecule has 0 aromatic heterocycles. The standard InChI is InChI=1S/C14H20O4/c1-11(2)7-12-5-6-13(17-9-15-3)8-14(12)18-10-16-4/h5-8H,9-10H2,1-4H3. The molecule has 0 aliphatic rings. The van der Waals surface area contributed by atoms with Crippen LogP contribution in [0.15, 0.2) is 23.8 Å². The molecule has 0 aliphatic heterocycles. The van der Waals surface area contributed by atoms with Gasteiger partial charge in [0, 0.05) is 25.8 Å². The molecule has 0 N–H and O–H groups in total. The van der Waals surface area contributed by atoms with Crippen molar-refractivity contribution in [3.8, 4) is 11.5 Å². The Hall–Kier alpha value is -1.52. The zero-order valence-corrected chi connectivity index (χ0v) is 11.4. The molecule has 18 heavy (non-hydrogen) atoms. The topological polar surface area (TPSA) is 36.9 Å². The fraction of sp³-hybridized carbons (Fsp3) is 0.429. The Bertz CT molecular complexity index is 395. The van der Waals surface area contributed by atoms with Crippen LogP contribution in [0.3, 0.4) is 0 Å². The van der Waals surface area contributed by atoms with Crippen LogP contribution in [0, 0.1) is 0 Å². The minimum atomic E-state index is 0.206. The highest BCUT2D eigenvalue weighted by atomic mass is 16.7. The monoisotopic (exact) mass is 252 g/mol. The first-order chi connectivity index (χ1) is 8.67. The normalized spacial score (nSPS) is 10.0. The van der Waals surface area contributed by atoms with Gasteiger partial charge in [-0.3, -0.25) is 0 Å². The maximum absolute atomic E-state index is 5.52. The van der Waals surface area contributed by atoms with Crippen LogP contribution in [-0.4, -0.2) is 27.8 Å². The van der Waals surface area contributed by atoms with Crippen molar-refractivity contribution in [1.82, 2.24) is 0 Å². The van der Waals surface area contributed by atoms with Gasteiger partial charge >= 0.3 is 0 Å². The van der Waals surface area contributed by atoms with Crippen LogP contribution in [0.1, 0.15) is 19.4 Å². The second-order valence-corrected chi connectivity index (χ2v) is 4.02. The lowest BCUT2D eigenvalue weighted by Gasteiger charge is -2.11. The van der Waals surface area contributed by atoms with Crippen LogP contribution in [0.25, 0.3) is 6.08 Å². The molecular weight excluding hydrogens is 232 g/mol. The SMILES string of the molecule is COCOc1ccc(C=C(C)C)c(OCOC)c1. The van der Waals surface area contributed by atoms with E-state index in [9.17, 15) is 0 Å². The Morgan fingerprint density at radius 3 is 2.33 bits per heavy atom. The first-order valence-electron chi connectivity index (χ1n) is 5.69. The number of ether oxygens (including phenoxy) is 4. The van der Waals surface area contributed by atoms with Crippen molar-refractivity contribution in [2.24, 2.45) is 0 Å². The van der Waals surface area contributed by atoms with Crippen LogP contribution < -0.4 is 9.47 Å². The minimum absolute atomic E-state index is 0.206. The van der Waals surface area contributed by atoms with Gasteiger partial charge in [0.05, 0.1) is 0 Å². The van der Waals surface area contributed by atoms with E-state index < -0.39 is 0 Å². The summed E-state index contributed by atoms with van der Waals surface area (Å²) in [6.07, 6.45) is 2.05. The summed E-state index contributed by atoms with van der Waals surface area (Å²) >= 11 is 0. The quantitative estimate of drug-likeness (QED) is 0.699. The van der Waals surface area contributed by atoms with Crippen LogP contribution in [0.2, 0.25) is 0 Å². The molecule has 1 aromatic rings. The van der Waals surface area contributed by atoms with Crippen LogP contribution in [-0.2, 0) is 9.47 Å². The van der Waals surface area contributed by atoms with E-state index in [4.69, 9.17) is 18.9 Å². The van der Waals surface area contributed by atoms with Gasteiger partial charge in [0.25, 0.3) is 0 Å². The molecule has 0 radical (unpaired) electrons. The van der Waals surface area contributed by atoms with E-state index >= 15 is 0 Å². The molecule has 0 spiro atoms. The first kappa shape index (κ1) is 14.5. The average molecular weight is 252 g/mol. The molecule has 0 amide bonds. The molecular formula is C14H20O4. The molecule has 4 nitrogen and oxygen atoms in total. The summed E-state index contributed by atoms with van der Waals surface area (Å²) in [5.74, 6) is 1.43. The number of hydrogen-bond donors (Lipinski definition) is 0. The minimum Gasteiger partial charge on any atom is -0.467 e. The van der Waals surface area contributed by atoms with Crippen LogP contribution in [0.5, 0.6) is 11.5 Å². The molecule has 1 rings (SSSR count). The highest BCUT2D eigenvalue weighted by Gasteiger charge is 2.04. The molecule has 0 unspecified atom stereocenters. The van der Waals surface area contributed by atoms with Crippen molar-refractivity contribution >= 4 is 6.08 Å². The van der Waals surface area contributed by atoms with Crippen LogP contribution in [0.4, 0.5) is 0 Å². The van der Waals surface area contributed by atoms with E-state index in [-0.39, 0.29) is 13.6 Å². The predicted molar refractivity (Wildman–Crippen MR) is 70.8 cm³/mol. The van der Waals surface area contributed by atoms with E-state index in [1.807, 2.05) is 38.1 Å². The summed E-state index contributed by atoms with van der Waals surface area (Å²) < 4.78 is 20.7. The Morgan fingerprint density at radius 2 is 1.72 bits per heavy atom.